The predicted octanol–water partition coefficient (Wildman–Crippen LogP) is 2.62. The van der Waals surface area contributed by atoms with Crippen molar-refractivity contribution in [3.63, 3.8) is 0 Å². The maximum atomic E-state index is 13.2. The lowest BCUT2D eigenvalue weighted by atomic mass is 9.84. The van der Waals surface area contributed by atoms with Crippen LogP contribution in [0.15, 0.2) is 12.4 Å². The van der Waals surface area contributed by atoms with E-state index in [9.17, 15) is 9.59 Å². The molecule has 0 radical (unpaired) electrons. The number of amides is 2. The first-order valence-corrected chi connectivity index (χ1v) is 11.2. The monoisotopic (exact) mass is 399 g/mol. The van der Waals surface area contributed by atoms with E-state index >= 15 is 0 Å². The molecule has 2 aliphatic heterocycles. The van der Waals surface area contributed by atoms with Gasteiger partial charge in [0.25, 0.3) is 0 Å². The van der Waals surface area contributed by atoms with Gasteiger partial charge < -0.3 is 15.1 Å². The van der Waals surface area contributed by atoms with Crippen LogP contribution in [0.1, 0.15) is 64.4 Å². The number of nitrogens with one attached hydrogen (secondary N) is 1. The fourth-order valence-corrected chi connectivity index (χ4v) is 5.10. The van der Waals surface area contributed by atoms with Crippen LogP contribution in [0.2, 0.25) is 0 Å². The summed E-state index contributed by atoms with van der Waals surface area (Å²) in [5.41, 5.74) is 1.17. The fraction of sp³-hybridized carbons (Fsp3) is 0.727. The zero-order valence-corrected chi connectivity index (χ0v) is 17.6. The Morgan fingerprint density at radius 2 is 1.90 bits per heavy atom. The quantitative estimate of drug-likeness (QED) is 0.823. The van der Waals surface area contributed by atoms with Crippen molar-refractivity contribution in [3.8, 4) is 0 Å². The van der Waals surface area contributed by atoms with Crippen molar-refractivity contribution in [2.24, 2.45) is 5.92 Å². The summed E-state index contributed by atoms with van der Waals surface area (Å²) in [6.45, 7) is 5.60. The molecule has 0 spiro atoms. The summed E-state index contributed by atoms with van der Waals surface area (Å²) in [5.74, 6) is 1.02. The van der Waals surface area contributed by atoms with E-state index in [0.717, 1.165) is 57.9 Å². The first-order valence-electron chi connectivity index (χ1n) is 11.2. The molecule has 3 heterocycles. The van der Waals surface area contributed by atoms with Gasteiger partial charge in [-0.2, -0.15) is 0 Å². The fourth-order valence-electron chi connectivity index (χ4n) is 5.10. The van der Waals surface area contributed by atoms with Crippen LogP contribution in [0.5, 0.6) is 0 Å². The van der Waals surface area contributed by atoms with E-state index in [-0.39, 0.29) is 29.8 Å². The van der Waals surface area contributed by atoms with Crippen LogP contribution < -0.4 is 5.32 Å². The van der Waals surface area contributed by atoms with Gasteiger partial charge in [0.2, 0.25) is 17.8 Å². The van der Waals surface area contributed by atoms with Gasteiger partial charge in [-0.05, 0) is 57.4 Å². The van der Waals surface area contributed by atoms with E-state index in [1.165, 1.54) is 5.56 Å². The smallest absolute Gasteiger partial charge is 0.245 e. The number of anilines is 1. The Labute approximate surface area is 173 Å². The lowest BCUT2D eigenvalue weighted by molar-refractivity contribution is -0.155. The van der Waals surface area contributed by atoms with Gasteiger partial charge in [0.1, 0.15) is 6.04 Å². The number of hydrogen-bond acceptors (Lipinski definition) is 5. The first-order chi connectivity index (χ1) is 14.1. The average Bonchev–Trinajstić information content (AvgIpc) is 3.21. The molecule has 0 unspecified atom stereocenters. The number of carbonyl (C=O) groups is 2. The normalized spacial score (nSPS) is 29.7. The van der Waals surface area contributed by atoms with Crippen molar-refractivity contribution in [1.29, 1.82) is 0 Å². The molecule has 7 heteroatoms. The van der Waals surface area contributed by atoms with Gasteiger partial charge >= 0.3 is 0 Å². The summed E-state index contributed by atoms with van der Waals surface area (Å²) in [6, 6.07) is 0.220. The van der Waals surface area contributed by atoms with Crippen molar-refractivity contribution < 1.29 is 9.59 Å². The highest BCUT2D eigenvalue weighted by Crippen LogP contribution is 2.31. The van der Waals surface area contributed by atoms with E-state index in [4.69, 9.17) is 0 Å². The maximum absolute atomic E-state index is 13.2. The summed E-state index contributed by atoms with van der Waals surface area (Å²) in [7, 11) is 0. The zero-order valence-electron chi connectivity index (χ0n) is 17.6. The van der Waals surface area contributed by atoms with Crippen molar-refractivity contribution >= 4 is 17.8 Å². The number of nitrogens with zero attached hydrogens (tertiary/aromatic N) is 4. The van der Waals surface area contributed by atoms with Gasteiger partial charge in [-0.1, -0.05) is 13.3 Å². The van der Waals surface area contributed by atoms with Crippen molar-refractivity contribution in [1.82, 2.24) is 19.8 Å². The zero-order chi connectivity index (χ0) is 20.4. The molecule has 0 aromatic carbocycles. The van der Waals surface area contributed by atoms with Crippen molar-refractivity contribution in [3.05, 3.63) is 18.0 Å². The molecule has 1 saturated carbocycles. The van der Waals surface area contributed by atoms with E-state index in [1.807, 2.05) is 29.1 Å². The number of rotatable bonds is 5. The third-order valence-corrected chi connectivity index (χ3v) is 6.83. The second-order valence-electron chi connectivity index (χ2n) is 8.85. The molecule has 158 valence electrons. The molecule has 1 aromatic heterocycles. The van der Waals surface area contributed by atoms with Gasteiger partial charge in [-0.3, -0.25) is 9.59 Å². The van der Waals surface area contributed by atoms with Crippen LogP contribution >= 0.6 is 0 Å². The molecule has 3 aliphatic rings. The number of carbonyl (C=O) groups excluding carboxylic acids is 2. The minimum atomic E-state index is -0.317. The Morgan fingerprint density at radius 3 is 2.59 bits per heavy atom. The van der Waals surface area contributed by atoms with Crippen molar-refractivity contribution in [2.75, 3.05) is 18.4 Å². The predicted molar refractivity (Wildman–Crippen MR) is 111 cm³/mol. The van der Waals surface area contributed by atoms with Gasteiger partial charge in [-0.15, -0.1) is 0 Å². The molecule has 4 rings (SSSR count). The van der Waals surface area contributed by atoms with Gasteiger partial charge in [0.15, 0.2) is 0 Å². The van der Waals surface area contributed by atoms with Crippen LogP contribution in [0, 0.1) is 5.92 Å². The molecule has 2 atom stereocenters. The lowest BCUT2D eigenvalue weighted by Gasteiger charge is -2.43. The molecule has 2 saturated heterocycles. The highest BCUT2D eigenvalue weighted by molar-refractivity contribution is 5.90. The Hall–Kier alpha value is -2.18. The summed E-state index contributed by atoms with van der Waals surface area (Å²) >= 11 is 0. The Bertz CT molecular complexity index is 729. The molecule has 1 aliphatic carbocycles. The highest BCUT2D eigenvalue weighted by atomic mass is 16.2. The molecular formula is C22H33N5O2. The van der Waals surface area contributed by atoms with E-state index in [0.29, 0.717) is 18.5 Å². The third-order valence-electron chi connectivity index (χ3n) is 6.83. The third kappa shape index (κ3) is 4.23. The van der Waals surface area contributed by atoms with E-state index < -0.39 is 0 Å². The van der Waals surface area contributed by atoms with Crippen LogP contribution in [0.3, 0.4) is 0 Å². The largest absolute Gasteiger partial charge is 0.351 e. The maximum Gasteiger partial charge on any atom is 0.245 e. The van der Waals surface area contributed by atoms with E-state index in [2.05, 4.69) is 22.2 Å². The molecule has 3 fully saturated rings. The molecule has 1 aromatic rings. The second kappa shape index (κ2) is 8.67. The van der Waals surface area contributed by atoms with Gasteiger partial charge in [0, 0.05) is 43.5 Å². The molecular weight excluding hydrogens is 366 g/mol. The second-order valence-corrected chi connectivity index (χ2v) is 8.85. The number of aromatic nitrogens is 2. The van der Waals surface area contributed by atoms with Crippen LogP contribution in [0.4, 0.5) is 5.95 Å². The SMILES string of the molecule is CCCc1cnc(NC2CCC(C(=O)N3C[C@@H]4CCCN4C(=O)[C@@H]3C)CC2)nc1. The minimum absolute atomic E-state index is 0.0316. The molecule has 7 nitrogen and oxygen atoms in total. The van der Waals surface area contributed by atoms with Gasteiger partial charge in [0.05, 0.1) is 0 Å². The van der Waals surface area contributed by atoms with Crippen molar-refractivity contribution in [2.45, 2.75) is 83.3 Å². The standard InChI is InChI=1S/C22H33N5O2/c1-3-5-16-12-23-22(24-13-16)25-18-9-7-17(8-10-18)21(29)27-14-19-6-4-11-26(19)20(28)15(27)2/h12-13,15,17-19H,3-11,14H2,1-2H3,(H,23,24,25)/t15-,17?,18?,19-/m0/s1. The molecule has 0 bridgehead atoms. The van der Waals surface area contributed by atoms with Gasteiger partial charge in [-0.25, -0.2) is 9.97 Å². The first kappa shape index (κ1) is 20.1. The average molecular weight is 400 g/mol. The number of aryl methyl sites for hydroxylation is 1. The van der Waals surface area contributed by atoms with Crippen LogP contribution in [0.25, 0.3) is 0 Å². The number of hydrogen-bond donors (Lipinski definition) is 1. The lowest BCUT2D eigenvalue weighted by Crippen LogP contribution is -2.61. The molecule has 29 heavy (non-hydrogen) atoms. The minimum Gasteiger partial charge on any atom is -0.351 e. The number of fused-ring (bicyclic) bond motifs is 1. The molecule has 1 N–H and O–H groups in total. The Balaban J connectivity index is 1.30. The Kier molecular flexibility index (Phi) is 6.01. The number of piperazine rings is 1. The van der Waals surface area contributed by atoms with Crippen LogP contribution in [-0.2, 0) is 16.0 Å². The molecule has 2 amide bonds. The summed E-state index contributed by atoms with van der Waals surface area (Å²) in [6.07, 6.45) is 11.6. The van der Waals surface area contributed by atoms with Crippen LogP contribution in [-0.4, -0.2) is 62.8 Å². The highest BCUT2D eigenvalue weighted by Gasteiger charge is 2.43. The Morgan fingerprint density at radius 1 is 1.17 bits per heavy atom. The summed E-state index contributed by atoms with van der Waals surface area (Å²) < 4.78 is 0. The topological polar surface area (TPSA) is 78.4 Å². The summed E-state index contributed by atoms with van der Waals surface area (Å²) in [4.78, 5) is 38.5. The summed E-state index contributed by atoms with van der Waals surface area (Å²) in [5, 5.41) is 3.43. The van der Waals surface area contributed by atoms with E-state index in [1.54, 1.807) is 0 Å².